The standard InChI is InChI=1S/C13H17ClO3S/c1-9(2)5-6-17-13-11(4)7-10(3)8-12(13)18(14,15)16/h7-8H,1,5-6H2,2-4H3. The van der Waals surface area contributed by atoms with Gasteiger partial charge in [-0.3, -0.25) is 0 Å². The molecule has 0 atom stereocenters. The lowest BCUT2D eigenvalue weighted by Crippen LogP contribution is -2.04. The van der Waals surface area contributed by atoms with Crippen molar-refractivity contribution in [2.45, 2.75) is 32.1 Å². The van der Waals surface area contributed by atoms with Crippen LogP contribution in [0.2, 0.25) is 0 Å². The van der Waals surface area contributed by atoms with Crippen LogP contribution < -0.4 is 4.74 Å². The van der Waals surface area contributed by atoms with E-state index in [1.54, 1.807) is 6.92 Å². The summed E-state index contributed by atoms with van der Waals surface area (Å²) in [7, 11) is 1.62. The Labute approximate surface area is 113 Å². The van der Waals surface area contributed by atoms with E-state index in [2.05, 4.69) is 6.58 Å². The maximum absolute atomic E-state index is 11.5. The summed E-state index contributed by atoms with van der Waals surface area (Å²) < 4.78 is 28.6. The van der Waals surface area contributed by atoms with E-state index in [-0.39, 0.29) is 4.90 Å². The second kappa shape index (κ2) is 5.76. The molecule has 0 saturated heterocycles. The molecule has 1 aromatic rings. The Morgan fingerprint density at radius 1 is 1.39 bits per heavy atom. The molecule has 0 amide bonds. The highest BCUT2D eigenvalue weighted by atomic mass is 35.7. The van der Waals surface area contributed by atoms with Crippen molar-refractivity contribution in [1.29, 1.82) is 0 Å². The van der Waals surface area contributed by atoms with E-state index in [1.165, 1.54) is 6.07 Å². The van der Waals surface area contributed by atoms with Gasteiger partial charge >= 0.3 is 0 Å². The highest BCUT2D eigenvalue weighted by Gasteiger charge is 2.19. The van der Waals surface area contributed by atoms with Crippen molar-refractivity contribution in [3.8, 4) is 5.75 Å². The largest absolute Gasteiger partial charge is 0.492 e. The van der Waals surface area contributed by atoms with Crippen LogP contribution in [0.1, 0.15) is 24.5 Å². The Morgan fingerprint density at radius 2 is 2.00 bits per heavy atom. The van der Waals surface area contributed by atoms with Crippen LogP contribution in [-0.4, -0.2) is 15.0 Å². The smallest absolute Gasteiger partial charge is 0.265 e. The summed E-state index contributed by atoms with van der Waals surface area (Å²) in [4.78, 5) is 0.0309. The molecule has 0 spiro atoms. The molecule has 18 heavy (non-hydrogen) atoms. The molecular formula is C13H17ClO3S. The van der Waals surface area contributed by atoms with Crippen LogP contribution in [0.4, 0.5) is 0 Å². The van der Waals surface area contributed by atoms with Crippen LogP contribution in [0.15, 0.2) is 29.2 Å². The van der Waals surface area contributed by atoms with Crippen LogP contribution in [0.5, 0.6) is 5.75 Å². The summed E-state index contributed by atoms with van der Waals surface area (Å²) in [5, 5.41) is 0. The van der Waals surface area contributed by atoms with Gasteiger partial charge in [-0.15, -0.1) is 6.58 Å². The molecule has 1 rings (SSSR count). The van der Waals surface area contributed by atoms with E-state index in [0.29, 0.717) is 18.8 Å². The number of halogens is 1. The third kappa shape index (κ3) is 4.03. The number of hydrogen-bond donors (Lipinski definition) is 0. The van der Waals surface area contributed by atoms with Gasteiger partial charge in [-0.2, -0.15) is 0 Å². The van der Waals surface area contributed by atoms with Gasteiger partial charge in [0.15, 0.2) is 0 Å². The fourth-order valence-electron chi connectivity index (χ4n) is 1.61. The van der Waals surface area contributed by atoms with Crippen molar-refractivity contribution in [2.75, 3.05) is 6.61 Å². The minimum atomic E-state index is -3.80. The molecule has 0 aliphatic carbocycles. The van der Waals surface area contributed by atoms with Crippen LogP contribution in [-0.2, 0) is 9.05 Å². The second-order valence-electron chi connectivity index (χ2n) is 4.40. The SMILES string of the molecule is C=C(C)CCOc1c(C)cc(C)cc1S(=O)(=O)Cl. The van der Waals surface area contributed by atoms with Gasteiger partial charge < -0.3 is 4.74 Å². The molecule has 0 aromatic heterocycles. The Morgan fingerprint density at radius 3 is 2.50 bits per heavy atom. The molecule has 0 fully saturated rings. The zero-order chi connectivity index (χ0) is 13.9. The fraction of sp³-hybridized carbons (Fsp3) is 0.385. The average molecular weight is 289 g/mol. The van der Waals surface area contributed by atoms with E-state index in [1.807, 2.05) is 19.9 Å². The number of aryl methyl sites for hydroxylation is 2. The number of ether oxygens (including phenoxy) is 1. The van der Waals surface area contributed by atoms with Gasteiger partial charge in [0, 0.05) is 17.1 Å². The van der Waals surface area contributed by atoms with Crippen molar-refractivity contribution >= 4 is 19.7 Å². The first-order chi connectivity index (χ1) is 8.21. The Kier molecular flexibility index (Phi) is 4.82. The molecule has 100 valence electrons. The molecule has 0 heterocycles. The lowest BCUT2D eigenvalue weighted by atomic mass is 10.1. The fourth-order valence-corrected chi connectivity index (χ4v) is 2.72. The Hall–Kier alpha value is -1.00. The molecule has 0 aliphatic rings. The highest BCUT2D eigenvalue weighted by molar-refractivity contribution is 8.13. The first-order valence-electron chi connectivity index (χ1n) is 5.55. The zero-order valence-corrected chi connectivity index (χ0v) is 12.4. The number of rotatable bonds is 5. The normalized spacial score (nSPS) is 11.3. The quantitative estimate of drug-likeness (QED) is 0.614. The van der Waals surface area contributed by atoms with Gasteiger partial charge in [0.1, 0.15) is 10.6 Å². The Balaban J connectivity index is 3.13. The molecule has 0 aliphatic heterocycles. The third-order valence-electron chi connectivity index (χ3n) is 2.42. The molecule has 0 radical (unpaired) electrons. The van der Waals surface area contributed by atoms with Gasteiger partial charge in [0.05, 0.1) is 6.61 Å². The maximum atomic E-state index is 11.5. The third-order valence-corrected chi connectivity index (χ3v) is 3.75. The van der Waals surface area contributed by atoms with E-state index < -0.39 is 9.05 Å². The number of benzene rings is 1. The summed E-state index contributed by atoms with van der Waals surface area (Å²) in [5.41, 5.74) is 2.57. The van der Waals surface area contributed by atoms with Crippen LogP contribution in [0.3, 0.4) is 0 Å². The molecule has 1 aromatic carbocycles. The molecule has 0 bridgehead atoms. The van der Waals surface area contributed by atoms with E-state index in [4.69, 9.17) is 15.4 Å². The van der Waals surface area contributed by atoms with Crippen molar-refractivity contribution in [3.05, 3.63) is 35.4 Å². The monoisotopic (exact) mass is 288 g/mol. The molecular weight excluding hydrogens is 272 g/mol. The zero-order valence-electron chi connectivity index (χ0n) is 10.8. The summed E-state index contributed by atoms with van der Waals surface area (Å²) in [6, 6.07) is 3.38. The first kappa shape index (κ1) is 15.1. The van der Waals surface area contributed by atoms with Gasteiger partial charge in [0.2, 0.25) is 0 Å². The summed E-state index contributed by atoms with van der Waals surface area (Å²) >= 11 is 0. The minimum absolute atomic E-state index is 0.0309. The van der Waals surface area contributed by atoms with Gasteiger partial charge in [-0.25, -0.2) is 8.42 Å². The van der Waals surface area contributed by atoms with Gasteiger partial charge in [-0.1, -0.05) is 11.6 Å². The highest BCUT2D eigenvalue weighted by Crippen LogP contribution is 2.31. The minimum Gasteiger partial charge on any atom is -0.492 e. The molecule has 0 N–H and O–H groups in total. The molecule has 0 saturated carbocycles. The molecule has 3 nitrogen and oxygen atoms in total. The van der Waals surface area contributed by atoms with E-state index >= 15 is 0 Å². The summed E-state index contributed by atoms with van der Waals surface area (Å²) in [5.74, 6) is 0.330. The first-order valence-corrected chi connectivity index (χ1v) is 7.86. The second-order valence-corrected chi connectivity index (χ2v) is 6.94. The van der Waals surface area contributed by atoms with Crippen LogP contribution in [0, 0.1) is 13.8 Å². The predicted octanol–water partition coefficient (Wildman–Crippen LogP) is 3.58. The maximum Gasteiger partial charge on any atom is 0.265 e. The topological polar surface area (TPSA) is 43.4 Å². The van der Waals surface area contributed by atoms with Crippen molar-refractivity contribution in [1.82, 2.24) is 0 Å². The van der Waals surface area contributed by atoms with Crippen molar-refractivity contribution in [3.63, 3.8) is 0 Å². The molecule has 5 heteroatoms. The van der Waals surface area contributed by atoms with Crippen molar-refractivity contribution in [2.24, 2.45) is 0 Å². The van der Waals surface area contributed by atoms with E-state index in [0.717, 1.165) is 16.7 Å². The average Bonchev–Trinajstić information content (AvgIpc) is 2.18. The van der Waals surface area contributed by atoms with Crippen LogP contribution in [0.25, 0.3) is 0 Å². The lowest BCUT2D eigenvalue weighted by Gasteiger charge is -2.13. The predicted molar refractivity (Wildman–Crippen MR) is 73.9 cm³/mol. The summed E-state index contributed by atoms with van der Waals surface area (Å²) in [6.07, 6.45) is 0.676. The number of hydrogen-bond acceptors (Lipinski definition) is 3. The van der Waals surface area contributed by atoms with Crippen molar-refractivity contribution < 1.29 is 13.2 Å². The van der Waals surface area contributed by atoms with Gasteiger partial charge in [-0.05, 0) is 38.0 Å². The van der Waals surface area contributed by atoms with Gasteiger partial charge in [0.25, 0.3) is 9.05 Å². The summed E-state index contributed by atoms with van der Waals surface area (Å²) in [6.45, 7) is 9.67. The van der Waals surface area contributed by atoms with E-state index in [9.17, 15) is 8.42 Å². The molecule has 0 unspecified atom stereocenters. The lowest BCUT2D eigenvalue weighted by molar-refractivity contribution is 0.311. The Bertz CT molecular complexity index is 562. The van der Waals surface area contributed by atoms with Crippen LogP contribution >= 0.6 is 10.7 Å².